The van der Waals surface area contributed by atoms with Crippen molar-refractivity contribution < 1.29 is 19.1 Å². The van der Waals surface area contributed by atoms with Crippen LogP contribution in [-0.4, -0.2) is 70.3 Å². The number of hydrogen-bond acceptors (Lipinski definition) is 6. The van der Waals surface area contributed by atoms with Crippen molar-refractivity contribution in [3.8, 4) is 0 Å². The van der Waals surface area contributed by atoms with Crippen molar-refractivity contribution in [2.75, 3.05) is 32.8 Å². The minimum absolute atomic E-state index is 0.00496. The molecule has 1 aliphatic heterocycles. The molecular formula is C19H28N4O4. The van der Waals surface area contributed by atoms with Crippen LogP contribution in [0.25, 0.3) is 0 Å². The zero-order valence-electron chi connectivity index (χ0n) is 16.1. The van der Waals surface area contributed by atoms with Crippen LogP contribution in [0.15, 0.2) is 18.6 Å². The lowest BCUT2D eigenvalue weighted by Crippen LogP contribution is -2.42. The van der Waals surface area contributed by atoms with E-state index in [4.69, 9.17) is 4.74 Å². The normalized spacial score (nSPS) is 14.7. The van der Waals surface area contributed by atoms with Crippen LogP contribution in [0.3, 0.4) is 0 Å². The predicted molar refractivity (Wildman–Crippen MR) is 98.8 cm³/mol. The standard InChI is InChI=1S/C19H28N4O4/c1-3-10-23(18(25)16-14-20-8-9-21-16)13-7-17(24)22-11-5-15(6-12-22)19(26)27-4-2/h8-9,14-15H,3-7,10-13H2,1-2H3. The van der Waals surface area contributed by atoms with Gasteiger partial charge < -0.3 is 14.5 Å². The largest absolute Gasteiger partial charge is 0.466 e. The zero-order valence-corrected chi connectivity index (χ0v) is 16.1. The smallest absolute Gasteiger partial charge is 0.309 e. The molecule has 1 fully saturated rings. The summed E-state index contributed by atoms with van der Waals surface area (Å²) in [5, 5.41) is 0. The first kappa shape index (κ1) is 20.8. The van der Waals surface area contributed by atoms with Crippen LogP contribution >= 0.6 is 0 Å². The van der Waals surface area contributed by atoms with Crippen molar-refractivity contribution in [3.05, 3.63) is 24.3 Å². The highest BCUT2D eigenvalue weighted by Crippen LogP contribution is 2.19. The van der Waals surface area contributed by atoms with Crippen LogP contribution in [0, 0.1) is 5.92 Å². The molecular weight excluding hydrogens is 348 g/mol. The van der Waals surface area contributed by atoms with E-state index in [-0.39, 0.29) is 35.8 Å². The highest BCUT2D eigenvalue weighted by Gasteiger charge is 2.28. The van der Waals surface area contributed by atoms with Crippen LogP contribution in [0.4, 0.5) is 0 Å². The average molecular weight is 376 g/mol. The van der Waals surface area contributed by atoms with Crippen LogP contribution in [0.2, 0.25) is 0 Å². The van der Waals surface area contributed by atoms with E-state index in [2.05, 4.69) is 9.97 Å². The third kappa shape index (κ3) is 6.01. The van der Waals surface area contributed by atoms with Gasteiger partial charge in [0.05, 0.1) is 18.7 Å². The van der Waals surface area contributed by atoms with E-state index in [1.54, 1.807) is 16.7 Å². The Morgan fingerprint density at radius 2 is 1.93 bits per heavy atom. The molecule has 0 radical (unpaired) electrons. The van der Waals surface area contributed by atoms with Gasteiger partial charge in [-0.05, 0) is 26.2 Å². The Balaban J connectivity index is 1.84. The molecule has 0 spiro atoms. The van der Waals surface area contributed by atoms with Gasteiger partial charge in [-0.15, -0.1) is 0 Å². The van der Waals surface area contributed by atoms with E-state index < -0.39 is 0 Å². The quantitative estimate of drug-likeness (QED) is 0.639. The Labute approximate surface area is 159 Å². The molecule has 8 heteroatoms. The molecule has 0 aliphatic carbocycles. The Morgan fingerprint density at radius 1 is 1.19 bits per heavy atom. The molecule has 2 amide bonds. The zero-order chi connectivity index (χ0) is 19.6. The van der Waals surface area contributed by atoms with E-state index in [0.717, 1.165) is 6.42 Å². The number of carbonyl (C=O) groups is 3. The van der Waals surface area contributed by atoms with Crippen LogP contribution in [0.5, 0.6) is 0 Å². The molecule has 0 unspecified atom stereocenters. The number of amides is 2. The summed E-state index contributed by atoms with van der Waals surface area (Å²) in [6, 6.07) is 0. The molecule has 0 bridgehead atoms. The molecule has 0 N–H and O–H groups in total. The van der Waals surface area contributed by atoms with Gasteiger partial charge in [0.1, 0.15) is 5.69 Å². The predicted octanol–water partition coefficient (Wildman–Crippen LogP) is 1.52. The van der Waals surface area contributed by atoms with Crippen molar-refractivity contribution in [3.63, 3.8) is 0 Å². The van der Waals surface area contributed by atoms with Crippen molar-refractivity contribution in [2.45, 2.75) is 39.5 Å². The highest BCUT2D eigenvalue weighted by molar-refractivity contribution is 5.92. The maximum atomic E-state index is 12.6. The minimum Gasteiger partial charge on any atom is -0.466 e. The molecule has 0 atom stereocenters. The molecule has 1 aromatic rings. The lowest BCUT2D eigenvalue weighted by atomic mass is 9.97. The molecule has 27 heavy (non-hydrogen) atoms. The van der Waals surface area contributed by atoms with Gasteiger partial charge in [-0.25, -0.2) is 4.98 Å². The van der Waals surface area contributed by atoms with Gasteiger partial charge in [0, 0.05) is 45.0 Å². The molecule has 2 heterocycles. The van der Waals surface area contributed by atoms with Crippen LogP contribution in [-0.2, 0) is 14.3 Å². The van der Waals surface area contributed by atoms with Gasteiger partial charge in [0.25, 0.3) is 5.91 Å². The molecule has 1 aliphatic rings. The number of nitrogens with zero attached hydrogens (tertiary/aromatic N) is 4. The number of likely N-dealkylation sites (tertiary alicyclic amines) is 1. The van der Waals surface area contributed by atoms with Gasteiger partial charge >= 0.3 is 5.97 Å². The molecule has 0 saturated carbocycles. The number of carbonyl (C=O) groups excluding carboxylic acids is 3. The second-order valence-electron chi connectivity index (χ2n) is 6.54. The summed E-state index contributed by atoms with van der Waals surface area (Å²) in [5.74, 6) is -0.499. The lowest BCUT2D eigenvalue weighted by molar-refractivity contribution is -0.151. The average Bonchev–Trinajstić information content (AvgIpc) is 2.71. The monoisotopic (exact) mass is 376 g/mol. The molecule has 0 aromatic carbocycles. The summed E-state index contributed by atoms with van der Waals surface area (Å²) in [7, 11) is 0. The topological polar surface area (TPSA) is 92.7 Å². The Morgan fingerprint density at radius 3 is 2.52 bits per heavy atom. The van der Waals surface area contributed by atoms with Gasteiger partial charge in [0.2, 0.25) is 5.91 Å². The SMILES string of the molecule is CCCN(CCC(=O)N1CCC(C(=O)OCC)CC1)C(=O)c1cnccn1. The maximum absolute atomic E-state index is 12.6. The van der Waals surface area contributed by atoms with E-state index in [9.17, 15) is 14.4 Å². The van der Waals surface area contributed by atoms with E-state index in [1.165, 1.54) is 18.6 Å². The fraction of sp³-hybridized carbons (Fsp3) is 0.632. The first-order chi connectivity index (χ1) is 13.1. The summed E-state index contributed by atoms with van der Waals surface area (Å²) in [4.78, 5) is 48.2. The third-order valence-electron chi connectivity index (χ3n) is 4.63. The van der Waals surface area contributed by atoms with Gasteiger partial charge in [0.15, 0.2) is 0 Å². The summed E-state index contributed by atoms with van der Waals surface area (Å²) in [5.41, 5.74) is 0.286. The molecule has 8 nitrogen and oxygen atoms in total. The molecule has 2 rings (SSSR count). The number of hydrogen-bond donors (Lipinski definition) is 0. The number of ether oxygens (including phenoxy) is 1. The highest BCUT2D eigenvalue weighted by atomic mass is 16.5. The molecule has 1 aromatic heterocycles. The summed E-state index contributed by atoms with van der Waals surface area (Å²) in [6.45, 7) is 6.17. The number of esters is 1. The Bertz CT molecular complexity index is 630. The van der Waals surface area contributed by atoms with Gasteiger partial charge in [-0.3, -0.25) is 19.4 Å². The van der Waals surface area contributed by atoms with Crippen molar-refractivity contribution >= 4 is 17.8 Å². The number of aromatic nitrogens is 2. The fourth-order valence-corrected chi connectivity index (χ4v) is 3.17. The Kier molecular flexibility index (Phi) is 8.16. The second kappa shape index (κ2) is 10.6. The van der Waals surface area contributed by atoms with Crippen molar-refractivity contribution in [2.24, 2.45) is 5.92 Å². The lowest BCUT2D eigenvalue weighted by Gasteiger charge is -2.31. The summed E-state index contributed by atoms with van der Waals surface area (Å²) in [6.07, 6.45) is 6.75. The van der Waals surface area contributed by atoms with Gasteiger partial charge in [-0.2, -0.15) is 0 Å². The molecule has 148 valence electrons. The van der Waals surface area contributed by atoms with E-state index >= 15 is 0 Å². The van der Waals surface area contributed by atoms with Crippen LogP contribution in [0.1, 0.15) is 50.0 Å². The number of piperidine rings is 1. The van der Waals surface area contributed by atoms with Crippen LogP contribution < -0.4 is 0 Å². The number of rotatable bonds is 8. The summed E-state index contributed by atoms with van der Waals surface area (Å²) < 4.78 is 5.05. The third-order valence-corrected chi connectivity index (χ3v) is 4.63. The maximum Gasteiger partial charge on any atom is 0.309 e. The Hall–Kier alpha value is -2.51. The van der Waals surface area contributed by atoms with E-state index in [0.29, 0.717) is 45.6 Å². The molecule has 1 saturated heterocycles. The first-order valence-corrected chi connectivity index (χ1v) is 9.56. The summed E-state index contributed by atoms with van der Waals surface area (Å²) >= 11 is 0. The van der Waals surface area contributed by atoms with Gasteiger partial charge in [-0.1, -0.05) is 6.92 Å². The van der Waals surface area contributed by atoms with Crippen molar-refractivity contribution in [1.82, 2.24) is 19.8 Å². The first-order valence-electron chi connectivity index (χ1n) is 9.56. The minimum atomic E-state index is -0.209. The second-order valence-corrected chi connectivity index (χ2v) is 6.54. The van der Waals surface area contributed by atoms with Crippen molar-refractivity contribution in [1.29, 1.82) is 0 Å². The van der Waals surface area contributed by atoms with E-state index in [1.807, 2.05) is 6.92 Å². The fourth-order valence-electron chi connectivity index (χ4n) is 3.17.